The van der Waals surface area contributed by atoms with E-state index in [1.165, 1.54) is 5.57 Å². The Kier molecular flexibility index (Phi) is 2.82. The second-order valence-corrected chi connectivity index (χ2v) is 5.43. The number of hydrogen-bond acceptors (Lipinski definition) is 2. The molecule has 4 atom stereocenters. The van der Waals surface area contributed by atoms with Crippen LogP contribution in [0.15, 0.2) is 11.8 Å². The van der Waals surface area contributed by atoms with Gasteiger partial charge in [-0.15, -0.1) is 0 Å². The van der Waals surface area contributed by atoms with Gasteiger partial charge in [0, 0.05) is 18.3 Å². The van der Waals surface area contributed by atoms with Crippen molar-refractivity contribution in [2.45, 2.75) is 52.2 Å². The first-order valence-corrected chi connectivity index (χ1v) is 6.15. The molecule has 1 fully saturated rings. The van der Waals surface area contributed by atoms with Crippen molar-refractivity contribution in [2.75, 3.05) is 7.05 Å². The first-order valence-electron chi connectivity index (χ1n) is 6.15. The maximum atomic E-state index is 12.3. The lowest BCUT2D eigenvalue weighted by Gasteiger charge is -2.33. The Bertz CT molecular complexity index is 337. The molecule has 1 saturated heterocycles. The number of carbonyl (C=O) groups is 1. The summed E-state index contributed by atoms with van der Waals surface area (Å²) in [5.74, 6) is 0.366. The molecular weight excluding hydrogens is 200 g/mol. The van der Waals surface area contributed by atoms with Crippen molar-refractivity contribution < 1.29 is 4.79 Å². The fourth-order valence-corrected chi connectivity index (χ4v) is 2.88. The lowest BCUT2D eigenvalue weighted by molar-refractivity contribution is -0.133. The van der Waals surface area contributed by atoms with Crippen LogP contribution < -0.4 is 0 Å². The van der Waals surface area contributed by atoms with Crippen LogP contribution in [-0.4, -0.2) is 40.9 Å². The number of nitrogens with zero attached hydrogens (tertiary/aromatic N) is 2. The SMILES string of the molecule is CC1=CN2C(=O)C(C)C(C)N(C)[C@@H](C)[C@@H]2C1. The van der Waals surface area contributed by atoms with E-state index in [-0.39, 0.29) is 11.8 Å². The second kappa shape index (κ2) is 3.88. The molecule has 0 saturated carbocycles. The minimum absolute atomic E-state index is 0.0830. The van der Waals surface area contributed by atoms with E-state index in [4.69, 9.17) is 0 Å². The first kappa shape index (κ1) is 11.6. The molecule has 3 heteroatoms. The molecule has 0 bridgehead atoms. The van der Waals surface area contributed by atoms with Crippen LogP contribution in [0.4, 0.5) is 0 Å². The molecule has 16 heavy (non-hydrogen) atoms. The Morgan fingerprint density at radius 3 is 2.50 bits per heavy atom. The summed E-state index contributed by atoms with van der Waals surface area (Å²) in [6.45, 7) is 8.53. The first-order chi connectivity index (χ1) is 7.43. The largest absolute Gasteiger partial charge is 0.314 e. The number of carbonyl (C=O) groups excluding carboxylic acids is 1. The van der Waals surface area contributed by atoms with Gasteiger partial charge in [-0.1, -0.05) is 12.5 Å². The average molecular weight is 222 g/mol. The zero-order valence-electron chi connectivity index (χ0n) is 10.9. The molecule has 0 radical (unpaired) electrons. The Morgan fingerprint density at radius 1 is 1.25 bits per heavy atom. The molecule has 2 rings (SSSR count). The topological polar surface area (TPSA) is 23.6 Å². The number of rotatable bonds is 0. The predicted octanol–water partition coefficient (Wildman–Crippen LogP) is 1.85. The molecule has 2 aliphatic rings. The molecular formula is C13H22N2O. The minimum atomic E-state index is 0.0830. The number of likely N-dealkylation sites (N-methyl/N-ethyl adjacent to an activating group) is 1. The summed E-state index contributed by atoms with van der Waals surface area (Å²) in [5.41, 5.74) is 1.32. The highest BCUT2D eigenvalue weighted by atomic mass is 16.2. The number of fused-ring (bicyclic) bond motifs is 1. The van der Waals surface area contributed by atoms with Crippen LogP contribution in [0.2, 0.25) is 0 Å². The highest BCUT2D eigenvalue weighted by Gasteiger charge is 2.42. The van der Waals surface area contributed by atoms with E-state index in [0.29, 0.717) is 18.1 Å². The van der Waals surface area contributed by atoms with Gasteiger partial charge < -0.3 is 4.90 Å². The molecule has 2 unspecified atom stereocenters. The van der Waals surface area contributed by atoms with Gasteiger partial charge in [0.05, 0.1) is 12.0 Å². The molecule has 90 valence electrons. The summed E-state index contributed by atoms with van der Waals surface area (Å²) < 4.78 is 0. The van der Waals surface area contributed by atoms with Gasteiger partial charge >= 0.3 is 0 Å². The highest BCUT2D eigenvalue weighted by molar-refractivity contribution is 5.81. The smallest absolute Gasteiger partial charge is 0.231 e. The average Bonchev–Trinajstić information content (AvgIpc) is 2.63. The Morgan fingerprint density at radius 2 is 1.88 bits per heavy atom. The second-order valence-electron chi connectivity index (χ2n) is 5.43. The Hall–Kier alpha value is -0.830. The van der Waals surface area contributed by atoms with E-state index >= 15 is 0 Å². The Labute approximate surface area is 98.1 Å². The zero-order chi connectivity index (χ0) is 12.0. The van der Waals surface area contributed by atoms with Gasteiger partial charge in [-0.2, -0.15) is 0 Å². The standard InChI is InChI=1S/C13H22N2O/c1-8-6-12-11(4)14(5)10(3)9(2)13(16)15(12)7-8/h7,9-12H,6H2,1-5H3/t9?,10?,11-,12-/m0/s1. The summed E-state index contributed by atoms with van der Waals surface area (Å²) >= 11 is 0. The maximum Gasteiger partial charge on any atom is 0.231 e. The van der Waals surface area contributed by atoms with Crippen molar-refractivity contribution in [3.63, 3.8) is 0 Å². The molecule has 0 aromatic carbocycles. The van der Waals surface area contributed by atoms with Crippen LogP contribution in [0.5, 0.6) is 0 Å². The molecule has 0 spiro atoms. The molecule has 0 N–H and O–H groups in total. The van der Waals surface area contributed by atoms with Crippen molar-refractivity contribution in [3.05, 3.63) is 11.8 Å². The molecule has 0 aromatic rings. The van der Waals surface area contributed by atoms with E-state index in [1.807, 2.05) is 18.0 Å². The summed E-state index contributed by atoms with van der Waals surface area (Å²) in [4.78, 5) is 16.7. The van der Waals surface area contributed by atoms with Gasteiger partial charge in [0.15, 0.2) is 0 Å². The van der Waals surface area contributed by atoms with E-state index in [2.05, 4.69) is 32.7 Å². The van der Waals surface area contributed by atoms with Crippen LogP contribution >= 0.6 is 0 Å². The van der Waals surface area contributed by atoms with Gasteiger partial charge in [0.1, 0.15) is 0 Å². The van der Waals surface area contributed by atoms with Crippen molar-refractivity contribution >= 4 is 5.91 Å². The Balaban J connectivity index is 2.36. The lowest BCUT2D eigenvalue weighted by atomic mass is 10.0. The van der Waals surface area contributed by atoms with E-state index in [1.54, 1.807) is 0 Å². The number of amides is 1. The molecule has 3 nitrogen and oxygen atoms in total. The van der Waals surface area contributed by atoms with Crippen LogP contribution in [0.1, 0.15) is 34.1 Å². The molecule has 2 aliphatic heterocycles. The van der Waals surface area contributed by atoms with Crippen LogP contribution in [0.3, 0.4) is 0 Å². The van der Waals surface area contributed by atoms with Gasteiger partial charge in [0.25, 0.3) is 0 Å². The fraction of sp³-hybridized carbons (Fsp3) is 0.769. The third-order valence-electron chi connectivity index (χ3n) is 4.46. The summed E-state index contributed by atoms with van der Waals surface area (Å²) in [7, 11) is 2.14. The predicted molar refractivity (Wildman–Crippen MR) is 64.9 cm³/mol. The normalized spacial score (nSPS) is 40.7. The summed E-state index contributed by atoms with van der Waals surface area (Å²) in [6, 6.07) is 1.09. The van der Waals surface area contributed by atoms with Crippen LogP contribution in [0, 0.1) is 5.92 Å². The van der Waals surface area contributed by atoms with E-state index < -0.39 is 0 Å². The van der Waals surface area contributed by atoms with Gasteiger partial charge in [-0.3, -0.25) is 9.69 Å². The molecule has 2 heterocycles. The fourth-order valence-electron chi connectivity index (χ4n) is 2.88. The number of hydrogen-bond donors (Lipinski definition) is 0. The molecule has 0 aromatic heterocycles. The van der Waals surface area contributed by atoms with E-state index in [9.17, 15) is 4.79 Å². The summed E-state index contributed by atoms with van der Waals surface area (Å²) in [5, 5.41) is 0. The monoisotopic (exact) mass is 222 g/mol. The van der Waals surface area contributed by atoms with Gasteiger partial charge in [0.2, 0.25) is 5.91 Å². The van der Waals surface area contributed by atoms with Gasteiger partial charge in [-0.05, 0) is 34.2 Å². The zero-order valence-corrected chi connectivity index (χ0v) is 10.9. The highest BCUT2D eigenvalue weighted by Crippen LogP contribution is 2.32. The molecule has 1 amide bonds. The van der Waals surface area contributed by atoms with Crippen molar-refractivity contribution in [3.8, 4) is 0 Å². The quantitative estimate of drug-likeness (QED) is 0.624. The van der Waals surface area contributed by atoms with E-state index in [0.717, 1.165) is 6.42 Å². The summed E-state index contributed by atoms with van der Waals surface area (Å²) in [6.07, 6.45) is 3.07. The van der Waals surface area contributed by atoms with Crippen molar-refractivity contribution in [1.29, 1.82) is 0 Å². The third-order valence-corrected chi connectivity index (χ3v) is 4.46. The lowest BCUT2D eigenvalue weighted by Crippen LogP contribution is -2.45. The van der Waals surface area contributed by atoms with Crippen molar-refractivity contribution in [2.24, 2.45) is 5.92 Å². The minimum Gasteiger partial charge on any atom is -0.314 e. The van der Waals surface area contributed by atoms with Crippen molar-refractivity contribution in [1.82, 2.24) is 9.80 Å². The molecule has 0 aliphatic carbocycles. The maximum absolute atomic E-state index is 12.3. The van der Waals surface area contributed by atoms with Crippen LogP contribution in [0.25, 0.3) is 0 Å². The van der Waals surface area contributed by atoms with Gasteiger partial charge in [-0.25, -0.2) is 0 Å². The van der Waals surface area contributed by atoms with Crippen LogP contribution in [-0.2, 0) is 4.79 Å². The third kappa shape index (κ3) is 1.58.